The lowest BCUT2D eigenvalue weighted by molar-refractivity contribution is 0.0510. The lowest BCUT2D eigenvalue weighted by Gasteiger charge is -2.37. The summed E-state index contributed by atoms with van der Waals surface area (Å²) in [5.74, 6) is 1.89. The van der Waals surface area contributed by atoms with Gasteiger partial charge in [-0.1, -0.05) is 29.3 Å². The van der Waals surface area contributed by atoms with Gasteiger partial charge in [-0.05, 0) is 62.4 Å². The molecule has 0 radical (unpaired) electrons. The molecule has 4 heteroatoms. The van der Waals surface area contributed by atoms with E-state index in [-0.39, 0.29) is 0 Å². The van der Waals surface area contributed by atoms with E-state index in [1.54, 1.807) is 0 Å². The summed E-state index contributed by atoms with van der Waals surface area (Å²) in [7, 11) is 2.19. The second kappa shape index (κ2) is 6.87. The number of halogens is 2. The van der Waals surface area contributed by atoms with Crippen molar-refractivity contribution in [3.63, 3.8) is 0 Å². The van der Waals surface area contributed by atoms with Crippen molar-refractivity contribution in [3.05, 3.63) is 33.8 Å². The molecule has 3 rings (SSSR count). The van der Waals surface area contributed by atoms with E-state index in [1.807, 2.05) is 12.1 Å². The van der Waals surface area contributed by atoms with Crippen molar-refractivity contribution in [2.75, 3.05) is 33.4 Å². The summed E-state index contributed by atoms with van der Waals surface area (Å²) in [6.07, 6.45) is 3.85. The number of rotatable bonds is 5. The Morgan fingerprint density at radius 3 is 2.67 bits per heavy atom. The molecule has 1 saturated heterocycles. The van der Waals surface area contributed by atoms with Crippen LogP contribution in [0.2, 0.25) is 10.0 Å². The standard InChI is InChI=1S/C17H23Cl2NO/c1-20-7-6-15(13-4-5-16(18)17(19)8-13)14(9-20)11-21-10-12-2-3-12/h4-5,8,12,14-15H,2-3,6-7,9-11H2,1H3/t14-,15+/m0/s1. The molecule has 2 aliphatic rings. The van der Waals surface area contributed by atoms with Gasteiger partial charge < -0.3 is 9.64 Å². The first-order valence-electron chi connectivity index (χ1n) is 7.84. The third-order valence-corrected chi connectivity index (χ3v) is 5.43. The average Bonchev–Trinajstić information content (AvgIpc) is 3.27. The van der Waals surface area contributed by atoms with Gasteiger partial charge >= 0.3 is 0 Å². The minimum Gasteiger partial charge on any atom is -0.381 e. The summed E-state index contributed by atoms with van der Waals surface area (Å²) < 4.78 is 5.97. The number of nitrogens with zero attached hydrogens (tertiary/aromatic N) is 1. The molecule has 0 aromatic heterocycles. The van der Waals surface area contributed by atoms with E-state index in [0.29, 0.717) is 21.9 Å². The number of piperidine rings is 1. The molecular weight excluding hydrogens is 305 g/mol. The Morgan fingerprint density at radius 1 is 1.14 bits per heavy atom. The van der Waals surface area contributed by atoms with Gasteiger partial charge in [-0.2, -0.15) is 0 Å². The van der Waals surface area contributed by atoms with E-state index in [0.717, 1.165) is 38.6 Å². The molecule has 1 saturated carbocycles. The Morgan fingerprint density at radius 2 is 1.95 bits per heavy atom. The highest BCUT2D eigenvalue weighted by molar-refractivity contribution is 6.42. The van der Waals surface area contributed by atoms with Crippen molar-refractivity contribution in [1.29, 1.82) is 0 Å². The van der Waals surface area contributed by atoms with E-state index in [4.69, 9.17) is 27.9 Å². The van der Waals surface area contributed by atoms with E-state index in [1.165, 1.54) is 18.4 Å². The third kappa shape index (κ3) is 4.13. The molecule has 1 aliphatic carbocycles. The topological polar surface area (TPSA) is 12.5 Å². The van der Waals surface area contributed by atoms with Gasteiger partial charge in [-0.25, -0.2) is 0 Å². The molecule has 1 aromatic carbocycles. The fourth-order valence-electron chi connectivity index (χ4n) is 3.24. The summed E-state index contributed by atoms with van der Waals surface area (Å²) >= 11 is 12.2. The maximum absolute atomic E-state index is 6.19. The molecule has 0 spiro atoms. The predicted molar refractivity (Wildman–Crippen MR) is 88.4 cm³/mol. The Kier molecular flexibility index (Phi) is 5.11. The first kappa shape index (κ1) is 15.6. The van der Waals surface area contributed by atoms with Crippen LogP contribution in [0.3, 0.4) is 0 Å². The highest BCUT2D eigenvalue weighted by atomic mass is 35.5. The minimum atomic E-state index is 0.523. The van der Waals surface area contributed by atoms with Crippen LogP contribution in [0.4, 0.5) is 0 Å². The number of hydrogen-bond donors (Lipinski definition) is 0. The second-order valence-corrected chi connectivity index (χ2v) is 7.39. The zero-order valence-electron chi connectivity index (χ0n) is 12.5. The van der Waals surface area contributed by atoms with Crippen LogP contribution in [0.1, 0.15) is 30.7 Å². The fraction of sp³-hybridized carbons (Fsp3) is 0.647. The van der Waals surface area contributed by atoms with Crippen LogP contribution in [0, 0.1) is 11.8 Å². The van der Waals surface area contributed by atoms with Crippen molar-refractivity contribution in [1.82, 2.24) is 4.90 Å². The molecule has 0 unspecified atom stereocenters. The van der Waals surface area contributed by atoms with Crippen molar-refractivity contribution in [3.8, 4) is 0 Å². The van der Waals surface area contributed by atoms with E-state index >= 15 is 0 Å². The zero-order valence-corrected chi connectivity index (χ0v) is 14.0. The molecule has 21 heavy (non-hydrogen) atoms. The largest absolute Gasteiger partial charge is 0.381 e. The molecule has 116 valence electrons. The van der Waals surface area contributed by atoms with Crippen molar-refractivity contribution < 1.29 is 4.74 Å². The first-order valence-corrected chi connectivity index (χ1v) is 8.60. The van der Waals surface area contributed by atoms with Gasteiger partial charge in [0.1, 0.15) is 0 Å². The Hall–Kier alpha value is -0.280. The Balaban J connectivity index is 1.67. The first-order chi connectivity index (χ1) is 10.1. The number of hydrogen-bond acceptors (Lipinski definition) is 2. The summed E-state index contributed by atoms with van der Waals surface area (Å²) in [4.78, 5) is 2.40. The second-order valence-electron chi connectivity index (χ2n) is 6.57. The zero-order chi connectivity index (χ0) is 14.8. The quantitative estimate of drug-likeness (QED) is 0.791. The monoisotopic (exact) mass is 327 g/mol. The Labute approximate surface area is 137 Å². The van der Waals surface area contributed by atoms with Gasteiger partial charge in [-0.15, -0.1) is 0 Å². The molecule has 0 N–H and O–H groups in total. The van der Waals surface area contributed by atoms with E-state index in [9.17, 15) is 0 Å². The van der Waals surface area contributed by atoms with Crippen LogP contribution in [0.15, 0.2) is 18.2 Å². The predicted octanol–water partition coefficient (Wildman–Crippen LogP) is 4.46. The summed E-state index contributed by atoms with van der Waals surface area (Å²) in [5, 5.41) is 1.29. The molecule has 1 heterocycles. The molecule has 1 aromatic rings. The third-order valence-electron chi connectivity index (χ3n) is 4.69. The highest BCUT2D eigenvalue weighted by Gasteiger charge is 2.30. The minimum absolute atomic E-state index is 0.523. The van der Waals surface area contributed by atoms with Gasteiger partial charge in [0.15, 0.2) is 0 Å². The highest BCUT2D eigenvalue weighted by Crippen LogP contribution is 2.36. The molecular formula is C17H23Cl2NO. The molecule has 2 fully saturated rings. The normalized spacial score (nSPS) is 27.0. The van der Waals surface area contributed by atoms with Crippen LogP contribution < -0.4 is 0 Å². The molecule has 1 aliphatic heterocycles. The van der Waals surface area contributed by atoms with E-state index in [2.05, 4.69) is 18.0 Å². The van der Waals surface area contributed by atoms with Crippen LogP contribution in [-0.4, -0.2) is 38.3 Å². The lowest BCUT2D eigenvalue weighted by Crippen LogP contribution is -2.39. The maximum atomic E-state index is 6.19. The molecule has 2 atom stereocenters. The van der Waals surface area contributed by atoms with Gasteiger partial charge in [0, 0.05) is 19.1 Å². The number of benzene rings is 1. The van der Waals surface area contributed by atoms with Crippen molar-refractivity contribution >= 4 is 23.2 Å². The van der Waals surface area contributed by atoms with Crippen molar-refractivity contribution in [2.45, 2.75) is 25.2 Å². The van der Waals surface area contributed by atoms with Crippen LogP contribution in [0.25, 0.3) is 0 Å². The smallest absolute Gasteiger partial charge is 0.0595 e. The average molecular weight is 328 g/mol. The van der Waals surface area contributed by atoms with Gasteiger partial charge in [0.2, 0.25) is 0 Å². The number of ether oxygens (including phenoxy) is 1. The van der Waals surface area contributed by atoms with Gasteiger partial charge in [0.05, 0.1) is 16.7 Å². The number of likely N-dealkylation sites (tertiary alicyclic amines) is 1. The molecule has 0 amide bonds. The van der Waals surface area contributed by atoms with Crippen LogP contribution in [0.5, 0.6) is 0 Å². The lowest BCUT2D eigenvalue weighted by atomic mass is 9.81. The van der Waals surface area contributed by atoms with Crippen molar-refractivity contribution in [2.24, 2.45) is 11.8 Å². The maximum Gasteiger partial charge on any atom is 0.0595 e. The van der Waals surface area contributed by atoms with Crippen LogP contribution >= 0.6 is 23.2 Å². The summed E-state index contributed by atoms with van der Waals surface area (Å²) in [6, 6.07) is 6.07. The molecule has 0 bridgehead atoms. The van der Waals surface area contributed by atoms with Gasteiger partial charge in [0.25, 0.3) is 0 Å². The van der Waals surface area contributed by atoms with Crippen LogP contribution in [-0.2, 0) is 4.74 Å². The Bertz CT molecular complexity index is 490. The molecule has 2 nitrogen and oxygen atoms in total. The van der Waals surface area contributed by atoms with Gasteiger partial charge in [-0.3, -0.25) is 0 Å². The summed E-state index contributed by atoms with van der Waals surface area (Å²) in [5.41, 5.74) is 1.30. The summed E-state index contributed by atoms with van der Waals surface area (Å²) in [6.45, 7) is 4.01. The fourth-order valence-corrected chi connectivity index (χ4v) is 3.54. The van der Waals surface area contributed by atoms with E-state index < -0.39 is 0 Å². The SMILES string of the molecule is CN1CC[C@H](c2ccc(Cl)c(Cl)c2)[C@H](COCC2CC2)C1.